The largest absolute Gasteiger partial charge is 0.397 e. The Balaban J connectivity index is 2.19. The van der Waals surface area contributed by atoms with E-state index in [-0.39, 0.29) is 5.91 Å². The number of imidazole rings is 1. The lowest BCUT2D eigenvalue weighted by molar-refractivity contribution is 0.101. The number of carbonyl (C=O) groups is 1. The Morgan fingerprint density at radius 2 is 2.06 bits per heavy atom. The molecule has 17 heavy (non-hydrogen) atoms. The Bertz CT molecular complexity index is 547. The van der Waals surface area contributed by atoms with E-state index in [9.17, 15) is 4.79 Å². The molecular formula is C11H15N5O. The van der Waals surface area contributed by atoms with Crippen LogP contribution in [0.25, 0.3) is 0 Å². The van der Waals surface area contributed by atoms with Gasteiger partial charge >= 0.3 is 0 Å². The van der Waals surface area contributed by atoms with E-state index in [2.05, 4.69) is 10.3 Å². The van der Waals surface area contributed by atoms with Gasteiger partial charge in [0, 0.05) is 26.5 Å². The number of aryl methyl sites for hydroxylation is 3. The van der Waals surface area contributed by atoms with Crippen LogP contribution in [0.2, 0.25) is 0 Å². The Morgan fingerprint density at radius 1 is 1.35 bits per heavy atom. The van der Waals surface area contributed by atoms with Crippen LogP contribution >= 0.6 is 0 Å². The van der Waals surface area contributed by atoms with Crippen LogP contribution in [0.4, 0.5) is 11.5 Å². The monoisotopic (exact) mass is 233 g/mol. The fraction of sp³-hybridized carbons (Fsp3) is 0.273. The van der Waals surface area contributed by atoms with Gasteiger partial charge in [0.25, 0.3) is 5.91 Å². The second-order valence-electron chi connectivity index (χ2n) is 4.01. The Morgan fingerprint density at radius 3 is 2.53 bits per heavy atom. The maximum atomic E-state index is 11.9. The van der Waals surface area contributed by atoms with Crippen molar-refractivity contribution in [3.05, 3.63) is 30.0 Å². The second-order valence-corrected chi connectivity index (χ2v) is 4.01. The summed E-state index contributed by atoms with van der Waals surface area (Å²) < 4.78 is 3.52. The summed E-state index contributed by atoms with van der Waals surface area (Å²) in [5.41, 5.74) is 6.69. The molecule has 6 heteroatoms. The Labute approximate surface area is 99.1 Å². The molecule has 0 saturated heterocycles. The number of rotatable bonds is 2. The molecule has 2 rings (SSSR count). The third-order valence-electron chi connectivity index (χ3n) is 2.61. The van der Waals surface area contributed by atoms with Gasteiger partial charge in [-0.05, 0) is 13.0 Å². The van der Waals surface area contributed by atoms with Gasteiger partial charge in [0.2, 0.25) is 0 Å². The fourth-order valence-electron chi connectivity index (χ4n) is 1.62. The molecule has 0 aromatic carbocycles. The Kier molecular flexibility index (Phi) is 2.63. The first-order chi connectivity index (χ1) is 7.97. The molecule has 0 spiro atoms. The van der Waals surface area contributed by atoms with E-state index in [0.717, 1.165) is 5.82 Å². The minimum atomic E-state index is -0.220. The molecule has 2 aromatic rings. The number of nitrogens with zero attached hydrogens (tertiary/aromatic N) is 3. The summed E-state index contributed by atoms with van der Waals surface area (Å²) >= 11 is 0. The van der Waals surface area contributed by atoms with Crippen LogP contribution in [0.1, 0.15) is 16.3 Å². The van der Waals surface area contributed by atoms with E-state index >= 15 is 0 Å². The topological polar surface area (TPSA) is 77.9 Å². The van der Waals surface area contributed by atoms with E-state index in [1.807, 2.05) is 18.5 Å². The van der Waals surface area contributed by atoms with Gasteiger partial charge in [0.15, 0.2) is 5.82 Å². The summed E-state index contributed by atoms with van der Waals surface area (Å²) in [5.74, 6) is 1.16. The van der Waals surface area contributed by atoms with Gasteiger partial charge in [0.05, 0.1) is 5.69 Å². The standard InChI is InChI=1S/C11H15N5O/c1-7-13-10(6-15(7)2)14-11(17)9-4-8(12)5-16(9)3/h4-6H,12H2,1-3H3,(H,14,17). The predicted octanol–water partition coefficient (Wildman–Crippen LogP) is 0.902. The summed E-state index contributed by atoms with van der Waals surface area (Å²) in [5, 5.41) is 2.73. The summed E-state index contributed by atoms with van der Waals surface area (Å²) in [6, 6.07) is 1.63. The number of nitrogen functional groups attached to an aromatic ring is 1. The molecule has 0 fully saturated rings. The van der Waals surface area contributed by atoms with E-state index in [1.165, 1.54) is 0 Å². The number of carbonyl (C=O) groups excluding carboxylic acids is 1. The zero-order chi connectivity index (χ0) is 12.6. The molecule has 0 aliphatic heterocycles. The first kappa shape index (κ1) is 11.3. The quantitative estimate of drug-likeness (QED) is 0.809. The highest BCUT2D eigenvalue weighted by Crippen LogP contribution is 2.12. The summed E-state index contributed by atoms with van der Waals surface area (Å²) in [7, 11) is 3.65. The third kappa shape index (κ3) is 2.15. The number of aromatic nitrogens is 3. The SMILES string of the molecule is Cc1nc(NC(=O)c2cc(N)cn2C)cn1C. The van der Waals surface area contributed by atoms with Crippen molar-refractivity contribution in [2.24, 2.45) is 14.1 Å². The maximum absolute atomic E-state index is 11.9. The lowest BCUT2D eigenvalue weighted by Crippen LogP contribution is -2.15. The summed E-state index contributed by atoms with van der Waals surface area (Å²) in [4.78, 5) is 16.1. The molecule has 0 radical (unpaired) electrons. The van der Waals surface area contributed by atoms with Crippen molar-refractivity contribution in [2.45, 2.75) is 6.92 Å². The molecular weight excluding hydrogens is 218 g/mol. The van der Waals surface area contributed by atoms with Crippen LogP contribution in [-0.2, 0) is 14.1 Å². The molecule has 0 aliphatic carbocycles. The highest BCUT2D eigenvalue weighted by Gasteiger charge is 2.12. The first-order valence-electron chi connectivity index (χ1n) is 5.20. The zero-order valence-electron chi connectivity index (χ0n) is 10.1. The molecule has 2 aromatic heterocycles. The van der Waals surface area contributed by atoms with Crippen molar-refractivity contribution in [2.75, 3.05) is 11.1 Å². The molecule has 90 valence electrons. The normalized spacial score (nSPS) is 10.5. The van der Waals surface area contributed by atoms with Gasteiger partial charge in [-0.3, -0.25) is 4.79 Å². The minimum absolute atomic E-state index is 0.220. The molecule has 1 amide bonds. The average Bonchev–Trinajstić information content (AvgIpc) is 2.71. The molecule has 0 saturated carbocycles. The van der Waals surface area contributed by atoms with Crippen LogP contribution in [0.15, 0.2) is 18.5 Å². The van der Waals surface area contributed by atoms with Crippen LogP contribution in [0, 0.1) is 6.92 Å². The highest BCUT2D eigenvalue weighted by molar-refractivity contribution is 6.03. The van der Waals surface area contributed by atoms with E-state index in [4.69, 9.17) is 5.73 Å². The van der Waals surface area contributed by atoms with Gasteiger partial charge in [-0.25, -0.2) is 4.98 Å². The van der Waals surface area contributed by atoms with E-state index < -0.39 is 0 Å². The van der Waals surface area contributed by atoms with Gasteiger partial charge in [-0.15, -0.1) is 0 Å². The molecule has 0 bridgehead atoms. The molecule has 3 N–H and O–H groups in total. The smallest absolute Gasteiger partial charge is 0.273 e. The highest BCUT2D eigenvalue weighted by atomic mass is 16.2. The number of amides is 1. The predicted molar refractivity (Wildman–Crippen MR) is 65.7 cm³/mol. The van der Waals surface area contributed by atoms with Gasteiger partial charge < -0.3 is 20.2 Å². The van der Waals surface area contributed by atoms with Crippen LogP contribution in [-0.4, -0.2) is 20.0 Å². The number of nitrogens with one attached hydrogen (secondary N) is 1. The lowest BCUT2D eigenvalue weighted by atomic mass is 10.4. The molecule has 0 atom stereocenters. The molecule has 2 heterocycles. The van der Waals surface area contributed by atoms with Crippen molar-refractivity contribution in [3.8, 4) is 0 Å². The van der Waals surface area contributed by atoms with Crippen molar-refractivity contribution < 1.29 is 4.79 Å². The second kappa shape index (κ2) is 3.97. The minimum Gasteiger partial charge on any atom is -0.397 e. The van der Waals surface area contributed by atoms with Crippen molar-refractivity contribution >= 4 is 17.4 Å². The van der Waals surface area contributed by atoms with E-state index in [0.29, 0.717) is 17.2 Å². The average molecular weight is 233 g/mol. The maximum Gasteiger partial charge on any atom is 0.273 e. The van der Waals surface area contributed by atoms with Crippen LogP contribution in [0.5, 0.6) is 0 Å². The third-order valence-corrected chi connectivity index (χ3v) is 2.61. The number of nitrogens with two attached hydrogens (primary N) is 1. The summed E-state index contributed by atoms with van der Waals surface area (Å²) in [6.07, 6.45) is 3.46. The summed E-state index contributed by atoms with van der Waals surface area (Å²) in [6.45, 7) is 1.87. The van der Waals surface area contributed by atoms with Crippen LogP contribution < -0.4 is 11.1 Å². The van der Waals surface area contributed by atoms with E-state index in [1.54, 1.807) is 30.1 Å². The van der Waals surface area contributed by atoms with Crippen LogP contribution in [0.3, 0.4) is 0 Å². The number of anilines is 2. The zero-order valence-corrected chi connectivity index (χ0v) is 10.1. The lowest BCUT2D eigenvalue weighted by Gasteiger charge is -2.02. The molecule has 6 nitrogen and oxygen atoms in total. The van der Waals surface area contributed by atoms with Gasteiger partial charge in [-0.2, -0.15) is 0 Å². The Hall–Kier alpha value is -2.24. The van der Waals surface area contributed by atoms with Crippen molar-refractivity contribution in [1.82, 2.24) is 14.1 Å². The first-order valence-corrected chi connectivity index (χ1v) is 5.20. The molecule has 0 unspecified atom stereocenters. The van der Waals surface area contributed by atoms with Crippen molar-refractivity contribution in [1.29, 1.82) is 0 Å². The molecule has 0 aliphatic rings. The van der Waals surface area contributed by atoms with Crippen molar-refractivity contribution in [3.63, 3.8) is 0 Å². The number of hydrogen-bond donors (Lipinski definition) is 2. The number of hydrogen-bond acceptors (Lipinski definition) is 3. The van der Waals surface area contributed by atoms with Gasteiger partial charge in [0.1, 0.15) is 11.5 Å². The van der Waals surface area contributed by atoms with Gasteiger partial charge in [-0.1, -0.05) is 0 Å². The fourth-order valence-corrected chi connectivity index (χ4v) is 1.62.